The number of carboxylic acid groups (broad SMARTS) is 1. The van der Waals surface area contributed by atoms with Crippen LogP contribution >= 0.6 is 11.5 Å². The predicted molar refractivity (Wildman–Crippen MR) is 70.5 cm³/mol. The zero-order valence-electron chi connectivity index (χ0n) is 10.8. The first-order valence-electron chi connectivity index (χ1n) is 5.99. The van der Waals surface area contributed by atoms with E-state index in [1.54, 1.807) is 6.92 Å². The average Bonchev–Trinajstić information content (AvgIpc) is 2.58. The Bertz CT molecular complexity index is 456. The molecule has 0 radical (unpaired) electrons. The number of carboxylic acids is 1. The molecule has 1 unspecified atom stereocenters. The van der Waals surface area contributed by atoms with Gasteiger partial charge in [-0.2, -0.15) is 4.37 Å². The molecule has 2 rings (SSSR count). The van der Waals surface area contributed by atoms with Gasteiger partial charge in [0, 0.05) is 12.6 Å². The van der Waals surface area contributed by atoms with Crippen LogP contribution < -0.4 is 5.32 Å². The van der Waals surface area contributed by atoms with Crippen molar-refractivity contribution in [2.24, 2.45) is 0 Å². The van der Waals surface area contributed by atoms with Gasteiger partial charge < -0.3 is 15.2 Å². The zero-order chi connectivity index (χ0) is 13.3. The fourth-order valence-electron chi connectivity index (χ4n) is 2.26. The van der Waals surface area contributed by atoms with Crippen molar-refractivity contribution >= 4 is 22.5 Å². The molecule has 2 N–H and O–H groups in total. The highest BCUT2D eigenvalue weighted by molar-refractivity contribution is 7.10. The first-order valence-corrected chi connectivity index (χ1v) is 6.76. The summed E-state index contributed by atoms with van der Waals surface area (Å²) in [5.74, 6) is -0.921. The lowest BCUT2D eigenvalue weighted by molar-refractivity contribution is -0.0552. The van der Waals surface area contributed by atoms with Crippen LogP contribution in [0.25, 0.3) is 0 Å². The SMILES string of the molecule is Cc1nsc(NC2CCOC(C)(C)C2)c1C(=O)O. The fourth-order valence-corrected chi connectivity index (χ4v) is 3.13. The zero-order valence-corrected chi connectivity index (χ0v) is 11.6. The summed E-state index contributed by atoms with van der Waals surface area (Å²) in [5.41, 5.74) is 0.713. The van der Waals surface area contributed by atoms with Gasteiger partial charge in [-0.3, -0.25) is 0 Å². The number of aryl methyl sites for hydroxylation is 1. The monoisotopic (exact) mass is 270 g/mol. The van der Waals surface area contributed by atoms with Crippen LogP contribution in [0.3, 0.4) is 0 Å². The Morgan fingerprint density at radius 3 is 2.94 bits per heavy atom. The van der Waals surface area contributed by atoms with Crippen LogP contribution in [-0.4, -0.2) is 33.7 Å². The Kier molecular flexibility index (Phi) is 3.59. The summed E-state index contributed by atoms with van der Waals surface area (Å²) in [5, 5.41) is 13.1. The minimum atomic E-state index is -0.921. The average molecular weight is 270 g/mol. The number of aromatic carboxylic acids is 1. The third-order valence-corrected chi connectivity index (χ3v) is 3.98. The molecule has 0 aliphatic carbocycles. The summed E-state index contributed by atoms with van der Waals surface area (Å²) >= 11 is 1.22. The van der Waals surface area contributed by atoms with Gasteiger partial charge in [0.2, 0.25) is 0 Å². The van der Waals surface area contributed by atoms with Gasteiger partial charge >= 0.3 is 5.97 Å². The Hall–Kier alpha value is -1.14. The second-order valence-corrected chi connectivity index (χ2v) is 5.99. The highest BCUT2D eigenvalue weighted by atomic mass is 32.1. The summed E-state index contributed by atoms with van der Waals surface area (Å²) < 4.78 is 9.75. The van der Waals surface area contributed by atoms with Crippen molar-refractivity contribution in [3.8, 4) is 0 Å². The number of hydrogen-bond acceptors (Lipinski definition) is 5. The van der Waals surface area contributed by atoms with E-state index in [1.165, 1.54) is 11.5 Å². The number of anilines is 1. The fraction of sp³-hybridized carbons (Fsp3) is 0.667. The Labute approximate surface area is 110 Å². The third-order valence-electron chi connectivity index (χ3n) is 3.11. The molecule has 1 aliphatic heterocycles. The summed E-state index contributed by atoms with van der Waals surface area (Å²) in [6, 6.07) is 0.242. The lowest BCUT2D eigenvalue weighted by Crippen LogP contribution is -2.40. The molecule has 0 saturated carbocycles. The molecule has 2 heterocycles. The second-order valence-electron chi connectivity index (χ2n) is 5.22. The highest BCUT2D eigenvalue weighted by Crippen LogP contribution is 2.30. The lowest BCUT2D eigenvalue weighted by Gasteiger charge is -2.36. The topological polar surface area (TPSA) is 71.5 Å². The van der Waals surface area contributed by atoms with Crippen LogP contribution in [0, 0.1) is 6.92 Å². The Morgan fingerprint density at radius 1 is 1.61 bits per heavy atom. The maximum absolute atomic E-state index is 11.2. The minimum absolute atomic E-state index is 0.154. The van der Waals surface area contributed by atoms with Crippen LogP contribution in [0.1, 0.15) is 42.7 Å². The molecule has 18 heavy (non-hydrogen) atoms. The molecule has 0 amide bonds. The van der Waals surface area contributed by atoms with E-state index in [-0.39, 0.29) is 11.6 Å². The number of nitrogens with zero attached hydrogens (tertiary/aromatic N) is 1. The van der Waals surface area contributed by atoms with E-state index in [0.717, 1.165) is 12.8 Å². The number of carbonyl (C=O) groups is 1. The maximum Gasteiger partial charge on any atom is 0.340 e. The van der Waals surface area contributed by atoms with Gasteiger partial charge in [-0.25, -0.2) is 4.79 Å². The summed E-state index contributed by atoms with van der Waals surface area (Å²) in [6.45, 7) is 6.53. The van der Waals surface area contributed by atoms with Gasteiger partial charge in [0.1, 0.15) is 10.6 Å². The van der Waals surface area contributed by atoms with Gasteiger partial charge in [-0.05, 0) is 45.1 Å². The molecule has 0 bridgehead atoms. The Morgan fingerprint density at radius 2 is 2.33 bits per heavy atom. The molecule has 6 heteroatoms. The molecule has 5 nitrogen and oxygen atoms in total. The molecular formula is C12H18N2O3S. The van der Waals surface area contributed by atoms with E-state index in [1.807, 2.05) is 0 Å². The van der Waals surface area contributed by atoms with Gasteiger partial charge in [-0.1, -0.05) is 0 Å². The number of hydrogen-bond donors (Lipinski definition) is 2. The predicted octanol–water partition coefficient (Wildman–Crippen LogP) is 2.52. The molecule has 1 atom stereocenters. The molecule has 1 fully saturated rings. The molecule has 1 aromatic heterocycles. The van der Waals surface area contributed by atoms with Gasteiger partial charge in [-0.15, -0.1) is 0 Å². The Balaban J connectivity index is 2.12. The largest absolute Gasteiger partial charge is 0.478 e. The smallest absolute Gasteiger partial charge is 0.340 e. The lowest BCUT2D eigenvalue weighted by atomic mass is 9.94. The number of aromatic nitrogens is 1. The van der Waals surface area contributed by atoms with Crippen LogP contribution in [-0.2, 0) is 4.74 Å². The van der Waals surface area contributed by atoms with Crippen molar-refractivity contribution < 1.29 is 14.6 Å². The number of rotatable bonds is 3. The van der Waals surface area contributed by atoms with Crippen molar-refractivity contribution in [1.29, 1.82) is 0 Å². The molecule has 0 spiro atoms. The summed E-state index contributed by atoms with van der Waals surface area (Å²) in [7, 11) is 0. The van der Waals surface area contributed by atoms with Crippen molar-refractivity contribution in [3.05, 3.63) is 11.3 Å². The quantitative estimate of drug-likeness (QED) is 0.883. The van der Waals surface area contributed by atoms with E-state index >= 15 is 0 Å². The number of nitrogens with one attached hydrogen (secondary N) is 1. The third kappa shape index (κ3) is 2.81. The summed E-state index contributed by atoms with van der Waals surface area (Å²) in [4.78, 5) is 11.2. The van der Waals surface area contributed by atoms with Crippen molar-refractivity contribution in [2.45, 2.75) is 45.3 Å². The first-order chi connectivity index (χ1) is 8.39. The van der Waals surface area contributed by atoms with E-state index in [4.69, 9.17) is 9.84 Å². The van der Waals surface area contributed by atoms with Crippen molar-refractivity contribution in [2.75, 3.05) is 11.9 Å². The van der Waals surface area contributed by atoms with Crippen LogP contribution in [0.5, 0.6) is 0 Å². The molecular weight excluding hydrogens is 252 g/mol. The van der Waals surface area contributed by atoms with Gasteiger partial charge in [0.15, 0.2) is 0 Å². The van der Waals surface area contributed by atoms with E-state index in [2.05, 4.69) is 23.5 Å². The normalized spacial score (nSPS) is 22.7. The van der Waals surface area contributed by atoms with Crippen LogP contribution in [0.15, 0.2) is 0 Å². The first kappa shape index (κ1) is 13.3. The number of ether oxygens (including phenoxy) is 1. The molecule has 0 aromatic carbocycles. The molecule has 1 aliphatic rings. The maximum atomic E-state index is 11.2. The van der Waals surface area contributed by atoms with E-state index in [9.17, 15) is 4.79 Å². The van der Waals surface area contributed by atoms with Crippen LogP contribution in [0.4, 0.5) is 5.00 Å². The van der Waals surface area contributed by atoms with Crippen molar-refractivity contribution in [1.82, 2.24) is 4.37 Å². The highest BCUT2D eigenvalue weighted by Gasteiger charge is 2.30. The van der Waals surface area contributed by atoms with Gasteiger partial charge in [0.05, 0.1) is 11.3 Å². The molecule has 1 saturated heterocycles. The summed E-state index contributed by atoms with van der Waals surface area (Å²) in [6.07, 6.45) is 1.75. The van der Waals surface area contributed by atoms with Gasteiger partial charge in [0.25, 0.3) is 0 Å². The molecule has 1 aromatic rings. The van der Waals surface area contributed by atoms with E-state index in [0.29, 0.717) is 22.9 Å². The second kappa shape index (κ2) is 4.85. The minimum Gasteiger partial charge on any atom is -0.478 e. The molecule has 100 valence electrons. The standard InChI is InChI=1S/C12H18N2O3S/c1-7-9(11(15)16)10(18-14-7)13-8-4-5-17-12(2,3)6-8/h8,13H,4-6H2,1-3H3,(H,15,16). The van der Waals surface area contributed by atoms with Crippen LogP contribution in [0.2, 0.25) is 0 Å². The van der Waals surface area contributed by atoms with Crippen molar-refractivity contribution in [3.63, 3.8) is 0 Å². The van der Waals surface area contributed by atoms with E-state index < -0.39 is 5.97 Å².